The zero-order valence-corrected chi connectivity index (χ0v) is 16.9. The molecule has 1 aromatic carbocycles. The molecule has 0 unspecified atom stereocenters. The molecular formula is C20H20ClN7O2. The molecular weight excluding hydrogens is 406 g/mol. The Morgan fingerprint density at radius 1 is 1.07 bits per heavy atom. The van der Waals surface area contributed by atoms with Gasteiger partial charge in [-0.1, -0.05) is 29.8 Å². The summed E-state index contributed by atoms with van der Waals surface area (Å²) >= 11 is 6.39. The van der Waals surface area contributed by atoms with Gasteiger partial charge in [-0.25, -0.2) is 4.98 Å². The average molecular weight is 426 g/mol. The molecule has 10 heteroatoms. The van der Waals surface area contributed by atoms with Crippen LogP contribution in [-0.4, -0.2) is 63.3 Å². The molecule has 1 saturated heterocycles. The molecule has 2 aromatic heterocycles. The zero-order valence-electron chi connectivity index (χ0n) is 16.1. The van der Waals surface area contributed by atoms with Crippen LogP contribution in [0.2, 0.25) is 5.02 Å². The summed E-state index contributed by atoms with van der Waals surface area (Å²) < 4.78 is 1.29. The van der Waals surface area contributed by atoms with Crippen LogP contribution in [0.4, 0.5) is 11.5 Å². The number of anilines is 2. The average Bonchev–Trinajstić information content (AvgIpc) is 2.77. The van der Waals surface area contributed by atoms with Crippen LogP contribution in [-0.2, 0) is 4.79 Å². The number of rotatable bonds is 5. The van der Waals surface area contributed by atoms with E-state index < -0.39 is 0 Å². The standard InChI is InChI=1S/C20H20ClN7O2/c21-19-16(12-24-28(20(19)30)15-4-2-1-3-5-15)27-10-8-26(9-11-27)14-18(29)25-17-13-22-6-7-23-17/h1-7,12-13H,8-11,14H2,(H,23,25,29). The van der Waals surface area contributed by atoms with Gasteiger partial charge in [-0.05, 0) is 12.1 Å². The minimum atomic E-state index is -0.355. The van der Waals surface area contributed by atoms with Crippen LogP contribution in [0, 0.1) is 0 Å². The van der Waals surface area contributed by atoms with Crippen molar-refractivity contribution in [2.45, 2.75) is 0 Å². The van der Waals surface area contributed by atoms with E-state index in [9.17, 15) is 9.59 Å². The van der Waals surface area contributed by atoms with Crippen LogP contribution in [0.1, 0.15) is 0 Å². The van der Waals surface area contributed by atoms with E-state index in [1.165, 1.54) is 17.1 Å². The van der Waals surface area contributed by atoms with Gasteiger partial charge >= 0.3 is 0 Å². The fourth-order valence-corrected chi connectivity index (χ4v) is 3.54. The minimum absolute atomic E-state index is 0.141. The summed E-state index contributed by atoms with van der Waals surface area (Å²) in [6, 6.07) is 9.15. The largest absolute Gasteiger partial charge is 0.366 e. The van der Waals surface area contributed by atoms with Crippen LogP contribution in [0.5, 0.6) is 0 Å². The normalized spacial score (nSPS) is 14.5. The Kier molecular flexibility index (Phi) is 6.01. The van der Waals surface area contributed by atoms with E-state index in [2.05, 4.69) is 20.4 Å². The molecule has 0 bridgehead atoms. The highest BCUT2D eigenvalue weighted by Gasteiger charge is 2.23. The second-order valence-corrected chi connectivity index (χ2v) is 7.18. The monoisotopic (exact) mass is 425 g/mol. The van der Waals surface area contributed by atoms with Gasteiger partial charge in [0.15, 0.2) is 5.82 Å². The lowest BCUT2D eigenvalue weighted by Gasteiger charge is -2.35. The summed E-state index contributed by atoms with van der Waals surface area (Å²) in [6.07, 6.45) is 6.19. The third kappa shape index (κ3) is 4.47. The predicted molar refractivity (Wildman–Crippen MR) is 114 cm³/mol. The molecule has 30 heavy (non-hydrogen) atoms. The molecule has 1 aliphatic heterocycles. The molecule has 0 radical (unpaired) electrons. The number of hydrogen-bond donors (Lipinski definition) is 1. The first kappa shape index (κ1) is 20.0. The lowest BCUT2D eigenvalue weighted by molar-refractivity contribution is -0.117. The van der Waals surface area contributed by atoms with Crippen molar-refractivity contribution in [1.82, 2.24) is 24.6 Å². The first-order chi connectivity index (χ1) is 14.6. The molecule has 1 N–H and O–H groups in total. The van der Waals surface area contributed by atoms with Gasteiger partial charge < -0.3 is 10.2 Å². The Labute approximate surface area is 177 Å². The molecule has 3 aromatic rings. The summed E-state index contributed by atoms with van der Waals surface area (Å²) in [5.41, 5.74) is 0.915. The first-order valence-electron chi connectivity index (χ1n) is 9.48. The predicted octanol–water partition coefficient (Wildman–Crippen LogP) is 1.44. The lowest BCUT2D eigenvalue weighted by atomic mass is 10.2. The van der Waals surface area contributed by atoms with Gasteiger partial charge in [0.05, 0.1) is 30.3 Å². The van der Waals surface area contributed by atoms with Crippen LogP contribution in [0.15, 0.2) is 59.9 Å². The Balaban J connectivity index is 1.38. The number of aromatic nitrogens is 4. The van der Waals surface area contributed by atoms with Gasteiger partial charge in [-0.2, -0.15) is 9.78 Å². The van der Waals surface area contributed by atoms with E-state index in [0.717, 1.165) is 0 Å². The highest BCUT2D eigenvalue weighted by molar-refractivity contribution is 6.33. The Morgan fingerprint density at radius 2 is 1.83 bits per heavy atom. The van der Waals surface area contributed by atoms with E-state index in [4.69, 9.17) is 11.6 Å². The number of hydrogen-bond acceptors (Lipinski definition) is 7. The van der Waals surface area contributed by atoms with Crippen LogP contribution < -0.4 is 15.8 Å². The van der Waals surface area contributed by atoms with Gasteiger partial charge in [0.25, 0.3) is 5.56 Å². The lowest BCUT2D eigenvalue weighted by Crippen LogP contribution is -2.49. The van der Waals surface area contributed by atoms with E-state index in [-0.39, 0.29) is 23.0 Å². The maximum absolute atomic E-state index is 12.7. The number of benzene rings is 1. The van der Waals surface area contributed by atoms with Crippen molar-refractivity contribution in [2.24, 2.45) is 0 Å². The molecule has 154 valence electrons. The molecule has 0 spiro atoms. The third-order valence-corrected chi connectivity index (χ3v) is 5.17. The fourth-order valence-electron chi connectivity index (χ4n) is 3.29. The quantitative estimate of drug-likeness (QED) is 0.660. The molecule has 1 aliphatic rings. The van der Waals surface area contributed by atoms with Gasteiger partial charge in [-0.15, -0.1) is 0 Å². The number of amides is 1. The van der Waals surface area contributed by atoms with Crippen molar-refractivity contribution in [1.29, 1.82) is 0 Å². The van der Waals surface area contributed by atoms with E-state index in [1.54, 1.807) is 24.5 Å². The summed E-state index contributed by atoms with van der Waals surface area (Å²) in [5, 5.41) is 7.16. The summed E-state index contributed by atoms with van der Waals surface area (Å²) in [4.78, 5) is 36.9. The topological polar surface area (TPSA) is 96.2 Å². The van der Waals surface area contributed by atoms with E-state index in [0.29, 0.717) is 43.4 Å². The Morgan fingerprint density at radius 3 is 2.53 bits per heavy atom. The number of nitrogens with one attached hydrogen (secondary N) is 1. The van der Waals surface area contributed by atoms with E-state index >= 15 is 0 Å². The number of carbonyl (C=O) groups is 1. The van der Waals surface area contributed by atoms with Gasteiger partial charge in [-0.3, -0.25) is 19.5 Å². The summed E-state index contributed by atoms with van der Waals surface area (Å²) in [5.74, 6) is 0.284. The Bertz CT molecular complexity index is 1070. The van der Waals surface area contributed by atoms with Crippen molar-refractivity contribution in [3.8, 4) is 5.69 Å². The SMILES string of the molecule is O=C(CN1CCN(c2cnn(-c3ccccc3)c(=O)c2Cl)CC1)Nc1cnccn1. The van der Waals surface area contributed by atoms with Crippen LogP contribution in [0.25, 0.3) is 5.69 Å². The molecule has 1 fully saturated rings. The molecule has 0 aliphatic carbocycles. The van der Waals surface area contributed by atoms with Gasteiger partial charge in [0, 0.05) is 38.6 Å². The molecule has 3 heterocycles. The van der Waals surface area contributed by atoms with Gasteiger partial charge in [0.1, 0.15) is 5.02 Å². The molecule has 0 atom stereocenters. The van der Waals surface area contributed by atoms with E-state index in [1.807, 2.05) is 28.0 Å². The minimum Gasteiger partial charge on any atom is -0.366 e. The van der Waals surface area contributed by atoms with Gasteiger partial charge in [0.2, 0.25) is 5.91 Å². The first-order valence-corrected chi connectivity index (χ1v) is 9.86. The third-order valence-electron chi connectivity index (χ3n) is 4.81. The summed E-state index contributed by atoms with van der Waals surface area (Å²) in [7, 11) is 0. The highest BCUT2D eigenvalue weighted by Crippen LogP contribution is 2.23. The maximum Gasteiger partial charge on any atom is 0.292 e. The number of piperazine rings is 1. The molecule has 9 nitrogen and oxygen atoms in total. The molecule has 0 saturated carbocycles. The Hall–Kier alpha value is -3.30. The highest BCUT2D eigenvalue weighted by atomic mass is 35.5. The number of para-hydroxylation sites is 1. The second kappa shape index (κ2) is 9.02. The van der Waals surface area contributed by atoms with Crippen molar-refractivity contribution in [2.75, 3.05) is 42.9 Å². The molecule has 1 amide bonds. The fraction of sp³-hybridized carbons (Fsp3) is 0.250. The summed E-state index contributed by atoms with van der Waals surface area (Å²) in [6.45, 7) is 2.84. The van der Waals surface area contributed by atoms with Crippen molar-refractivity contribution < 1.29 is 4.79 Å². The zero-order chi connectivity index (χ0) is 20.9. The van der Waals surface area contributed by atoms with Crippen molar-refractivity contribution in [3.05, 3.63) is 70.5 Å². The number of halogens is 1. The maximum atomic E-state index is 12.7. The smallest absolute Gasteiger partial charge is 0.292 e. The second-order valence-electron chi connectivity index (χ2n) is 6.80. The van der Waals surface area contributed by atoms with Crippen molar-refractivity contribution >= 4 is 29.0 Å². The molecule has 4 rings (SSSR count). The van der Waals surface area contributed by atoms with Crippen LogP contribution >= 0.6 is 11.6 Å². The van der Waals surface area contributed by atoms with Crippen molar-refractivity contribution in [3.63, 3.8) is 0 Å². The number of carbonyl (C=O) groups excluding carboxylic acids is 1. The van der Waals surface area contributed by atoms with Crippen LogP contribution in [0.3, 0.4) is 0 Å². The number of nitrogens with zero attached hydrogens (tertiary/aromatic N) is 6.